The molecule has 1 heterocycles. The van der Waals surface area contributed by atoms with E-state index < -0.39 is 5.95 Å². The number of carbonyl (C=O) groups excluding carboxylic acids is 1. The fourth-order valence-corrected chi connectivity index (χ4v) is 1.88. The lowest BCUT2D eigenvalue weighted by molar-refractivity contribution is 0.102. The van der Waals surface area contributed by atoms with Crippen LogP contribution in [0.15, 0.2) is 42.6 Å². The fraction of sp³-hybridized carbons (Fsp3) is 0.250. The Labute approximate surface area is 117 Å². The van der Waals surface area contributed by atoms with E-state index in [0.29, 0.717) is 11.6 Å². The molecule has 0 fully saturated rings. The van der Waals surface area contributed by atoms with Crippen LogP contribution in [0.5, 0.6) is 0 Å². The molecular formula is C16H17FN2O. The molecule has 1 aromatic carbocycles. The summed E-state index contributed by atoms with van der Waals surface area (Å²) in [6, 6.07) is 10.3. The highest BCUT2D eigenvalue weighted by Gasteiger charge is 2.08. The monoisotopic (exact) mass is 272 g/mol. The zero-order chi connectivity index (χ0) is 14.5. The lowest BCUT2D eigenvalue weighted by atomic mass is 9.98. The second-order valence-corrected chi connectivity index (χ2v) is 4.75. The highest BCUT2D eigenvalue weighted by atomic mass is 19.1. The van der Waals surface area contributed by atoms with E-state index in [4.69, 9.17) is 0 Å². The molecule has 0 saturated heterocycles. The number of pyridine rings is 1. The first-order valence-electron chi connectivity index (χ1n) is 6.63. The number of amides is 1. The van der Waals surface area contributed by atoms with Crippen LogP contribution >= 0.6 is 0 Å². The van der Waals surface area contributed by atoms with Gasteiger partial charge >= 0.3 is 0 Å². The minimum Gasteiger partial charge on any atom is -0.322 e. The Hall–Kier alpha value is -2.23. The third-order valence-electron chi connectivity index (χ3n) is 3.34. The summed E-state index contributed by atoms with van der Waals surface area (Å²) in [5, 5.41) is 2.74. The van der Waals surface area contributed by atoms with Crippen LogP contribution in [-0.2, 0) is 0 Å². The van der Waals surface area contributed by atoms with Gasteiger partial charge in [0.2, 0.25) is 5.95 Å². The summed E-state index contributed by atoms with van der Waals surface area (Å²) in [5.41, 5.74) is 2.18. The first kappa shape index (κ1) is 14.2. The van der Waals surface area contributed by atoms with Crippen molar-refractivity contribution in [3.63, 3.8) is 0 Å². The number of hydrogen-bond donors (Lipinski definition) is 1. The molecule has 1 amide bonds. The van der Waals surface area contributed by atoms with Gasteiger partial charge < -0.3 is 5.32 Å². The van der Waals surface area contributed by atoms with Crippen LogP contribution in [0.3, 0.4) is 0 Å². The molecule has 2 rings (SSSR count). The molecule has 20 heavy (non-hydrogen) atoms. The zero-order valence-electron chi connectivity index (χ0n) is 11.6. The SMILES string of the molecule is CCC(C)c1ccc(NC(=O)c2ccnc(F)c2)cc1. The molecule has 0 aliphatic carbocycles. The van der Waals surface area contributed by atoms with Gasteiger partial charge in [-0.3, -0.25) is 4.79 Å². The molecule has 104 valence electrons. The molecule has 0 bridgehead atoms. The molecule has 0 saturated carbocycles. The topological polar surface area (TPSA) is 42.0 Å². The summed E-state index contributed by atoms with van der Waals surface area (Å²) in [7, 11) is 0. The summed E-state index contributed by atoms with van der Waals surface area (Å²) in [5.74, 6) is -0.513. The second kappa shape index (κ2) is 6.28. The van der Waals surface area contributed by atoms with Gasteiger partial charge in [0.25, 0.3) is 5.91 Å². The van der Waals surface area contributed by atoms with E-state index in [1.165, 1.54) is 17.8 Å². The molecule has 1 atom stereocenters. The van der Waals surface area contributed by atoms with E-state index in [1.54, 1.807) is 0 Å². The number of hydrogen-bond acceptors (Lipinski definition) is 2. The molecule has 4 heteroatoms. The van der Waals surface area contributed by atoms with Crippen LogP contribution in [0.4, 0.5) is 10.1 Å². The van der Waals surface area contributed by atoms with Gasteiger partial charge in [0.1, 0.15) is 0 Å². The summed E-state index contributed by atoms with van der Waals surface area (Å²) in [6.07, 6.45) is 2.35. The highest BCUT2D eigenvalue weighted by molar-refractivity contribution is 6.04. The third-order valence-corrected chi connectivity index (χ3v) is 3.34. The predicted octanol–water partition coefficient (Wildman–Crippen LogP) is 3.99. The molecule has 1 unspecified atom stereocenters. The van der Waals surface area contributed by atoms with Crippen molar-refractivity contribution in [3.8, 4) is 0 Å². The lowest BCUT2D eigenvalue weighted by Gasteiger charge is -2.10. The van der Waals surface area contributed by atoms with Gasteiger partial charge in [-0.25, -0.2) is 4.98 Å². The zero-order valence-corrected chi connectivity index (χ0v) is 11.6. The number of nitrogens with one attached hydrogen (secondary N) is 1. The number of aromatic nitrogens is 1. The average Bonchev–Trinajstić information content (AvgIpc) is 2.47. The van der Waals surface area contributed by atoms with Crippen molar-refractivity contribution in [1.29, 1.82) is 0 Å². The number of halogens is 1. The molecule has 0 aliphatic heterocycles. The Morgan fingerprint density at radius 2 is 2.00 bits per heavy atom. The summed E-state index contributed by atoms with van der Waals surface area (Å²) in [4.78, 5) is 15.4. The van der Waals surface area contributed by atoms with Crippen LogP contribution in [0.25, 0.3) is 0 Å². The molecule has 2 aromatic rings. The van der Waals surface area contributed by atoms with Gasteiger partial charge in [-0.05, 0) is 36.1 Å². The minimum atomic E-state index is -0.662. The predicted molar refractivity (Wildman–Crippen MR) is 77.3 cm³/mol. The van der Waals surface area contributed by atoms with E-state index >= 15 is 0 Å². The normalized spacial score (nSPS) is 11.9. The van der Waals surface area contributed by atoms with E-state index in [0.717, 1.165) is 12.5 Å². The van der Waals surface area contributed by atoms with Crippen molar-refractivity contribution in [1.82, 2.24) is 4.98 Å². The van der Waals surface area contributed by atoms with Crippen molar-refractivity contribution in [3.05, 3.63) is 59.7 Å². The van der Waals surface area contributed by atoms with E-state index in [1.807, 2.05) is 24.3 Å². The molecule has 0 aliphatic rings. The Morgan fingerprint density at radius 3 is 2.60 bits per heavy atom. The molecule has 0 radical (unpaired) electrons. The minimum absolute atomic E-state index is 0.253. The summed E-state index contributed by atoms with van der Waals surface area (Å²) >= 11 is 0. The van der Waals surface area contributed by atoms with Crippen LogP contribution in [0.1, 0.15) is 42.1 Å². The van der Waals surface area contributed by atoms with Gasteiger partial charge in [0.05, 0.1) is 0 Å². The van der Waals surface area contributed by atoms with Gasteiger partial charge in [0.15, 0.2) is 0 Å². The summed E-state index contributed by atoms with van der Waals surface area (Å²) < 4.78 is 13.0. The average molecular weight is 272 g/mol. The van der Waals surface area contributed by atoms with E-state index in [9.17, 15) is 9.18 Å². The molecule has 3 nitrogen and oxygen atoms in total. The highest BCUT2D eigenvalue weighted by Crippen LogP contribution is 2.20. The first-order chi connectivity index (χ1) is 9.60. The van der Waals surface area contributed by atoms with Gasteiger partial charge in [-0.2, -0.15) is 4.39 Å². The van der Waals surface area contributed by atoms with Crippen molar-refractivity contribution in [2.24, 2.45) is 0 Å². The van der Waals surface area contributed by atoms with Crippen molar-refractivity contribution in [2.45, 2.75) is 26.2 Å². The Bertz CT molecular complexity index is 596. The first-order valence-corrected chi connectivity index (χ1v) is 6.63. The maximum atomic E-state index is 13.0. The van der Waals surface area contributed by atoms with Gasteiger partial charge in [-0.1, -0.05) is 26.0 Å². The largest absolute Gasteiger partial charge is 0.322 e. The Kier molecular flexibility index (Phi) is 4.45. The van der Waals surface area contributed by atoms with Crippen molar-refractivity contribution < 1.29 is 9.18 Å². The molecular weight excluding hydrogens is 255 g/mol. The van der Waals surface area contributed by atoms with Crippen molar-refractivity contribution in [2.75, 3.05) is 5.32 Å². The number of rotatable bonds is 4. The standard InChI is InChI=1S/C16H17FN2O/c1-3-11(2)12-4-6-14(7-5-12)19-16(20)13-8-9-18-15(17)10-13/h4-11H,3H2,1-2H3,(H,19,20). The maximum absolute atomic E-state index is 13.0. The van der Waals surface area contributed by atoms with E-state index in [2.05, 4.69) is 24.1 Å². The number of benzene rings is 1. The lowest BCUT2D eigenvalue weighted by Crippen LogP contribution is -2.12. The quantitative estimate of drug-likeness (QED) is 0.855. The van der Waals surface area contributed by atoms with Gasteiger partial charge in [-0.15, -0.1) is 0 Å². The van der Waals surface area contributed by atoms with Crippen LogP contribution < -0.4 is 5.32 Å². The maximum Gasteiger partial charge on any atom is 0.255 e. The molecule has 0 spiro atoms. The number of carbonyl (C=O) groups is 1. The second-order valence-electron chi connectivity index (χ2n) is 4.75. The molecule has 1 N–H and O–H groups in total. The Balaban J connectivity index is 2.08. The summed E-state index contributed by atoms with van der Waals surface area (Å²) in [6.45, 7) is 4.30. The van der Waals surface area contributed by atoms with Gasteiger partial charge in [0, 0.05) is 23.5 Å². The molecule has 1 aromatic heterocycles. The number of anilines is 1. The smallest absolute Gasteiger partial charge is 0.255 e. The van der Waals surface area contributed by atoms with E-state index in [-0.39, 0.29) is 11.5 Å². The number of nitrogens with zero attached hydrogens (tertiary/aromatic N) is 1. The van der Waals surface area contributed by atoms with Crippen LogP contribution in [0.2, 0.25) is 0 Å². The van der Waals surface area contributed by atoms with Crippen LogP contribution in [-0.4, -0.2) is 10.9 Å². The fourth-order valence-electron chi connectivity index (χ4n) is 1.88. The third kappa shape index (κ3) is 3.41. The van der Waals surface area contributed by atoms with Crippen molar-refractivity contribution >= 4 is 11.6 Å². The Morgan fingerprint density at radius 1 is 1.30 bits per heavy atom. The van der Waals surface area contributed by atoms with Crippen LogP contribution in [0, 0.1) is 5.95 Å².